The molecule has 92 valence electrons. The molecule has 1 rings (SSSR count). The molecule has 0 spiro atoms. The molecule has 0 aromatic heterocycles. The van der Waals surface area contributed by atoms with Crippen molar-refractivity contribution in [2.45, 2.75) is 26.8 Å². The van der Waals surface area contributed by atoms with Crippen molar-refractivity contribution >= 4 is 0 Å². The SMILES string of the molecule is CCN(CC)C(C)C#Cc1ccc(OC)cc1. The third kappa shape index (κ3) is 4.13. The maximum absolute atomic E-state index is 5.11. The minimum absolute atomic E-state index is 0.298. The molecule has 17 heavy (non-hydrogen) atoms. The summed E-state index contributed by atoms with van der Waals surface area (Å²) in [5.41, 5.74) is 1.03. The molecule has 1 aromatic rings. The van der Waals surface area contributed by atoms with E-state index in [1.807, 2.05) is 24.3 Å². The first-order chi connectivity index (χ1) is 8.21. The topological polar surface area (TPSA) is 12.5 Å². The highest BCUT2D eigenvalue weighted by atomic mass is 16.5. The first-order valence-corrected chi connectivity index (χ1v) is 6.10. The second-order valence-corrected chi connectivity index (χ2v) is 3.90. The van der Waals surface area contributed by atoms with Crippen molar-refractivity contribution in [3.8, 4) is 17.6 Å². The third-order valence-electron chi connectivity index (χ3n) is 2.88. The summed E-state index contributed by atoms with van der Waals surface area (Å²) in [6.45, 7) is 8.54. The monoisotopic (exact) mass is 231 g/mol. The molecule has 0 amide bonds. The van der Waals surface area contributed by atoms with Gasteiger partial charge in [0, 0.05) is 5.56 Å². The molecule has 0 aliphatic heterocycles. The van der Waals surface area contributed by atoms with Crippen molar-refractivity contribution in [3.63, 3.8) is 0 Å². The summed E-state index contributed by atoms with van der Waals surface area (Å²) in [6, 6.07) is 8.15. The van der Waals surface area contributed by atoms with Crippen LogP contribution in [0.3, 0.4) is 0 Å². The molecule has 0 saturated carbocycles. The smallest absolute Gasteiger partial charge is 0.118 e. The summed E-state index contributed by atoms with van der Waals surface area (Å²) in [5.74, 6) is 7.34. The number of ether oxygens (including phenoxy) is 1. The van der Waals surface area contributed by atoms with Crippen LogP contribution >= 0.6 is 0 Å². The normalized spacial score (nSPS) is 11.8. The highest BCUT2D eigenvalue weighted by molar-refractivity contribution is 5.38. The first-order valence-electron chi connectivity index (χ1n) is 6.10. The maximum Gasteiger partial charge on any atom is 0.118 e. The predicted molar refractivity (Wildman–Crippen MR) is 72.3 cm³/mol. The van der Waals surface area contributed by atoms with Gasteiger partial charge in [-0.3, -0.25) is 4.90 Å². The second kappa shape index (κ2) is 6.98. The molecule has 0 fully saturated rings. The lowest BCUT2D eigenvalue weighted by Crippen LogP contribution is -2.31. The van der Waals surface area contributed by atoms with Crippen LogP contribution in [0.4, 0.5) is 0 Å². The molecule has 0 bridgehead atoms. The summed E-state index contributed by atoms with van der Waals surface area (Å²) < 4.78 is 5.11. The van der Waals surface area contributed by atoms with Gasteiger partial charge in [-0.25, -0.2) is 0 Å². The van der Waals surface area contributed by atoms with Crippen LogP contribution in [0.15, 0.2) is 24.3 Å². The fourth-order valence-corrected chi connectivity index (χ4v) is 1.72. The van der Waals surface area contributed by atoms with Crippen LogP contribution in [0.5, 0.6) is 5.75 Å². The second-order valence-electron chi connectivity index (χ2n) is 3.90. The van der Waals surface area contributed by atoms with Gasteiger partial charge in [0.2, 0.25) is 0 Å². The van der Waals surface area contributed by atoms with E-state index in [-0.39, 0.29) is 0 Å². The molecule has 0 N–H and O–H groups in total. The Morgan fingerprint density at radius 1 is 1.18 bits per heavy atom. The van der Waals surface area contributed by atoms with E-state index in [9.17, 15) is 0 Å². The molecule has 1 aromatic carbocycles. The van der Waals surface area contributed by atoms with Crippen LogP contribution in [0.1, 0.15) is 26.3 Å². The third-order valence-corrected chi connectivity index (χ3v) is 2.88. The van der Waals surface area contributed by atoms with E-state index in [0.717, 1.165) is 24.4 Å². The number of hydrogen-bond acceptors (Lipinski definition) is 2. The summed E-state index contributed by atoms with van der Waals surface area (Å²) in [6.07, 6.45) is 0. The van der Waals surface area contributed by atoms with Crippen molar-refractivity contribution in [2.24, 2.45) is 0 Å². The Morgan fingerprint density at radius 3 is 2.24 bits per heavy atom. The van der Waals surface area contributed by atoms with Crippen molar-refractivity contribution in [3.05, 3.63) is 29.8 Å². The molecule has 2 heteroatoms. The number of methoxy groups -OCH3 is 1. The van der Waals surface area contributed by atoms with Gasteiger partial charge in [0.15, 0.2) is 0 Å². The Morgan fingerprint density at radius 2 is 1.76 bits per heavy atom. The Balaban J connectivity index is 2.69. The standard InChI is InChI=1S/C15H21NO/c1-5-16(6-2)13(3)7-8-14-9-11-15(17-4)12-10-14/h9-13H,5-6H2,1-4H3. The van der Waals surface area contributed by atoms with Crippen molar-refractivity contribution in [1.29, 1.82) is 0 Å². The van der Waals surface area contributed by atoms with Crippen LogP contribution in [0, 0.1) is 11.8 Å². The quantitative estimate of drug-likeness (QED) is 0.739. The highest BCUT2D eigenvalue weighted by Crippen LogP contribution is 2.10. The van der Waals surface area contributed by atoms with Gasteiger partial charge in [-0.05, 0) is 44.3 Å². The van der Waals surface area contributed by atoms with Gasteiger partial charge in [-0.15, -0.1) is 0 Å². The van der Waals surface area contributed by atoms with Gasteiger partial charge in [0.05, 0.1) is 13.2 Å². The minimum Gasteiger partial charge on any atom is -0.497 e. The zero-order chi connectivity index (χ0) is 12.7. The average molecular weight is 231 g/mol. The van der Waals surface area contributed by atoms with E-state index in [1.165, 1.54) is 0 Å². The molecule has 1 atom stereocenters. The number of rotatable bonds is 4. The van der Waals surface area contributed by atoms with Gasteiger partial charge in [0.25, 0.3) is 0 Å². The molecular weight excluding hydrogens is 210 g/mol. The van der Waals surface area contributed by atoms with Crippen molar-refractivity contribution < 1.29 is 4.74 Å². The molecule has 0 saturated heterocycles. The molecule has 2 nitrogen and oxygen atoms in total. The number of nitrogens with zero attached hydrogens (tertiary/aromatic N) is 1. The van der Waals surface area contributed by atoms with Crippen molar-refractivity contribution in [1.82, 2.24) is 4.90 Å². The fraction of sp³-hybridized carbons (Fsp3) is 0.467. The van der Waals surface area contributed by atoms with Crippen LogP contribution in [0.2, 0.25) is 0 Å². The Hall–Kier alpha value is -1.46. The molecule has 0 radical (unpaired) electrons. The average Bonchev–Trinajstić information content (AvgIpc) is 2.38. The number of benzene rings is 1. The van der Waals surface area contributed by atoms with Crippen LogP contribution in [-0.4, -0.2) is 31.1 Å². The summed E-state index contributed by atoms with van der Waals surface area (Å²) in [4.78, 5) is 2.33. The van der Waals surface area contributed by atoms with Crippen LogP contribution < -0.4 is 4.74 Å². The van der Waals surface area contributed by atoms with E-state index in [2.05, 4.69) is 37.5 Å². The lowest BCUT2D eigenvalue weighted by atomic mass is 10.2. The summed E-state index contributed by atoms with van der Waals surface area (Å²) in [7, 11) is 1.67. The van der Waals surface area contributed by atoms with E-state index < -0.39 is 0 Å². The molecular formula is C15H21NO. The maximum atomic E-state index is 5.11. The summed E-state index contributed by atoms with van der Waals surface area (Å²) >= 11 is 0. The summed E-state index contributed by atoms with van der Waals surface area (Å²) in [5, 5.41) is 0. The van der Waals surface area contributed by atoms with Gasteiger partial charge < -0.3 is 4.74 Å². The highest BCUT2D eigenvalue weighted by Gasteiger charge is 2.05. The molecule has 0 heterocycles. The predicted octanol–water partition coefficient (Wildman–Crippen LogP) is 2.78. The zero-order valence-electron chi connectivity index (χ0n) is 11.2. The van der Waals surface area contributed by atoms with E-state index in [1.54, 1.807) is 7.11 Å². The van der Waals surface area contributed by atoms with Gasteiger partial charge >= 0.3 is 0 Å². The van der Waals surface area contributed by atoms with E-state index in [4.69, 9.17) is 4.74 Å². The van der Waals surface area contributed by atoms with Gasteiger partial charge in [-0.2, -0.15) is 0 Å². The largest absolute Gasteiger partial charge is 0.497 e. The van der Waals surface area contributed by atoms with E-state index >= 15 is 0 Å². The Kier molecular flexibility index (Phi) is 5.59. The minimum atomic E-state index is 0.298. The number of hydrogen-bond donors (Lipinski definition) is 0. The first kappa shape index (κ1) is 13.6. The van der Waals surface area contributed by atoms with Gasteiger partial charge in [0.1, 0.15) is 5.75 Å². The lowest BCUT2D eigenvalue weighted by Gasteiger charge is -2.21. The van der Waals surface area contributed by atoms with Crippen LogP contribution in [-0.2, 0) is 0 Å². The Bertz CT molecular complexity index is 382. The lowest BCUT2D eigenvalue weighted by molar-refractivity contribution is 0.275. The van der Waals surface area contributed by atoms with Crippen LogP contribution in [0.25, 0.3) is 0 Å². The molecule has 0 aliphatic carbocycles. The molecule has 0 aliphatic rings. The fourth-order valence-electron chi connectivity index (χ4n) is 1.72. The van der Waals surface area contributed by atoms with Gasteiger partial charge in [-0.1, -0.05) is 25.7 Å². The molecule has 1 unspecified atom stereocenters. The van der Waals surface area contributed by atoms with E-state index in [0.29, 0.717) is 6.04 Å². The zero-order valence-corrected chi connectivity index (χ0v) is 11.2. The van der Waals surface area contributed by atoms with Crippen molar-refractivity contribution in [2.75, 3.05) is 20.2 Å². The Labute approximate surface area is 105 Å².